The van der Waals surface area contributed by atoms with Gasteiger partial charge in [0.25, 0.3) is 0 Å². The van der Waals surface area contributed by atoms with Crippen molar-refractivity contribution in [1.29, 1.82) is 0 Å². The number of nitrogens with one attached hydrogen (secondary N) is 2. The number of aliphatic hydroxyl groups excluding tert-OH is 1. The number of carbonyl (C=O) groups is 1. The highest BCUT2D eigenvalue weighted by molar-refractivity contribution is 5.83. The summed E-state index contributed by atoms with van der Waals surface area (Å²) in [5.41, 5.74) is 3.20. The average Bonchev–Trinajstić information content (AvgIpc) is 2.81. The summed E-state index contributed by atoms with van der Waals surface area (Å²) in [6.45, 7) is 8.24. The summed E-state index contributed by atoms with van der Waals surface area (Å²) in [4.78, 5) is 12.9. The number of benzene rings is 3. The van der Waals surface area contributed by atoms with Crippen LogP contribution in [0, 0.1) is 0 Å². The lowest BCUT2D eigenvalue weighted by molar-refractivity contribution is -0.122. The topological polar surface area (TPSA) is 102 Å². The maximum atomic E-state index is 12.9. The van der Waals surface area contributed by atoms with E-state index in [0.29, 0.717) is 12.0 Å². The highest BCUT2D eigenvalue weighted by Gasteiger charge is 2.22. The number of amides is 1. The number of β-amino-alcohol motifs (C(OH)–C–C–N with tert-alkyl or cyclic N) is 1. The van der Waals surface area contributed by atoms with Crippen LogP contribution in [0.1, 0.15) is 68.0 Å². The zero-order valence-electron chi connectivity index (χ0n) is 20.8. The first-order valence-corrected chi connectivity index (χ1v) is 11.9. The van der Waals surface area contributed by atoms with Crippen LogP contribution >= 0.6 is 0 Å². The Morgan fingerprint density at radius 3 is 2.14 bits per heavy atom. The van der Waals surface area contributed by atoms with Crippen molar-refractivity contribution in [2.45, 2.75) is 57.7 Å². The molecule has 3 aromatic rings. The number of aliphatic hydroxyl groups is 1. The monoisotopic (exact) mass is 476 g/mol. The van der Waals surface area contributed by atoms with Crippen molar-refractivity contribution in [2.24, 2.45) is 0 Å². The molecule has 5 N–H and O–H groups in total. The molecule has 0 spiro atoms. The Morgan fingerprint density at radius 1 is 0.857 bits per heavy atom. The second-order valence-corrected chi connectivity index (χ2v) is 9.85. The van der Waals surface area contributed by atoms with E-state index in [9.17, 15) is 20.1 Å². The quantitative estimate of drug-likeness (QED) is 0.291. The van der Waals surface area contributed by atoms with E-state index in [0.717, 1.165) is 16.7 Å². The van der Waals surface area contributed by atoms with E-state index >= 15 is 0 Å². The standard InChI is InChI=1S/C29H36N2O4/c1-19(28(35)31-20(2)22-10-6-5-7-11-22)23-12-8-9-21(13-23)17-29(3,4)30-18-27(34)24-14-25(32)16-26(33)15-24/h5-16,19-20,27,30,32-34H,17-18H2,1-4H3,(H,31,35)/t19?,20-,27?/m0/s1. The molecule has 186 valence electrons. The lowest BCUT2D eigenvalue weighted by atomic mass is 9.91. The molecule has 0 fully saturated rings. The molecule has 35 heavy (non-hydrogen) atoms. The highest BCUT2D eigenvalue weighted by Crippen LogP contribution is 2.26. The molecule has 0 saturated carbocycles. The van der Waals surface area contributed by atoms with Crippen LogP contribution in [-0.4, -0.2) is 33.3 Å². The van der Waals surface area contributed by atoms with Crippen LogP contribution in [0.2, 0.25) is 0 Å². The van der Waals surface area contributed by atoms with Gasteiger partial charge in [0.15, 0.2) is 0 Å². The van der Waals surface area contributed by atoms with E-state index in [-0.39, 0.29) is 41.4 Å². The Bertz CT molecular complexity index is 1110. The van der Waals surface area contributed by atoms with E-state index in [4.69, 9.17) is 0 Å². The molecule has 0 aliphatic rings. The number of phenolic OH excluding ortho intramolecular Hbond substituents is 2. The van der Waals surface area contributed by atoms with Gasteiger partial charge in [-0.2, -0.15) is 0 Å². The Morgan fingerprint density at radius 2 is 1.49 bits per heavy atom. The summed E-state index contributed by atoms with van der Waals surface area (Å²) in [7, 11) is 0. The van der Waals surface area contributed by atoms with Crippen LogP contribution in [-0.2, 0) is 11.2 Å². The first-order chi connectivity index (χ1) is 16.5. The van der Waals surface area contributed by atoms with Crippen LogP contribution < -0.4 is 10.6 Å². The summed E-state index contributed by atoms with van der Waals surface area (Å²) < 4.78 is 0. The van der Waals surface area contributed by atoms with Crippen LogP contribution in [0.15, 0.2) is 72.8 Å². The summed E-state index contributed by atoms with van der Waals surface area (Å²) in [5, 5.41) is 36.3. The third kappa shape index (κ3) is 7.57. The molecule has 0 aliphatic heterocycles. The van der Waals surface area contributed by atoms with Crippen molar-refractivity contribution >= 4 is 5.91 Å². The van der Waals surface area contributed by atoms with Gasteiger partial charge >= 0.3 is 0 Å². The van der Waals surface area contributed by atoms with E-state index in [2.05, 4.69) is 16.7 Å². The molecule has 0 heterocycles. The molecule has 2 unspecified atom stereocenters. The predicted molar refractivity (Wildman–Crippen MR) is 138 cm³/mol. The van der Waals surface area contributed by atoms with E-state index in [1.165, 1.54) is 18.2 Å². The molecule has 0 aliphatic carbocycles. The Kier molecular flexibility index (Phi) is 8.54. The van der Waals surface area contributed by atoms with Crippen molar-refractivity contribution in [2.75, 3.05) is 6.54 Å². The molecule has 6 heteroatoms. The molecule has 3 atom stereocenters. The third-order valence-corrected chi connectivity index (χ3v) is 6.23. The summed E-state index contributed by atoms with van der Waals surface area (Å²) in [6.07, 6.45) is -0.193. The first-order valence-electron chi connectivity index (χ1n) is 11.9. The summed E-state index contributed by atoms with van der Waals surface area (Å²) in [5.74, 6) is -0.497. The Balaban J connectivity index is 1.60. The van der Waals surface area contributed by atoms with E-state index in [1.54, 1.807) is 0 Å². The van der Waals surface area contributed by atoms with Gasteiger partial charge in [0.1, 0.15) is 11.5 Å². The molecule has 0 saturated heterocycles. The SMILES string of the molecule is CC(C(=O)N[C@@H](C)c1ccccc1)c1cccc(CC(C)(C)NCC(O)c2cc(O)cc(O)c2)c1. The van der Waals surface area contributed by atoms with Crippen molar-refractivity contribution < 1.29 is 20.1 Å². The first kappa shape index (κ1) is 26.3. The number of phenols is 2. The molecule has 1 amide bonds. The molecule has 3 aromatic carbocycles. The van der Waals surface area contributed by atoms with Crippen LogP contribution in [0.3, 0.4) is 0 Å². The molecule has 0 radical (unpaired) electrons. The van der Waals surface area contributed by atoms with Crippen LogP contribution in [0.4, 0.5) is 0 Å². The fourth-order valence-electron chi connectivity index (χ4n) is 4.16. The zero-order chi connectivity index (χ0) is 25.6. The van der Waals surface area contributed by atoms with Crippen molar-refractivity contribution in [3.05, 3.63) is 95.1 Å². The van der Waals surface area contributed by atoms with Crippen molar-refractivity contribution in [3.8, 4) is 11.5 Å². The largest absolute Gasteiger partial charge is 0.508 e. The maximum absolute atomic E-state index is 12.9. The Hall–Kier alpha value is -3.35. The van der Waals surface area contributed by atoms with Crippen LogP contribution in [0.5, 0.6) is 11.5 Å². The van der Waals surface area contributed by atoms with E-state index in [1.807, 2.05) is 76.2 Å². The number of aromatic hydroxyl groups is 2. The second kappa shape index (κ2) is 11.4. The van der Waals surface area contributed by atoms with E-state index < -0.39 is 6.10 Å². The number of rotatable bonds is 10. The predicted octanol–water partition coefficient (Wildman–Crippen LogP) is 4.72. The molecular weight excluding hydrogens is 440 g/mol. The van der Waals surface area contributed by atoms with Gasteiger partial charge in [-0.25, -0.2) is 0 Å². The smallest absolute Gasteiger partial charge is 0.227 e. The molecule has 0 aromatic heterocycles. The van der Waals surface area contributed by atoms with Gasteiger partial charge in [0, 0.05) is 18.2 Å². The molecule has 6 nitrogen and oxygen atoms in total. The molecular formula is C29H36N2O4. The number of hydrogen-bond donors (Lipinski definition) is 5. The van der Waals surface area contributed by atoms with Gasteiger partial charge < -0.3 is 26.0 Å². The van der Waals surface area contributed by atoms with Gasteiger partial charge in [-0.05, 0) is 68.5 Å². The van der Waals surface area contributed by atoms with Crippen molar-refractivity contribution in [3.63, 3.8) is 0 Å². The number of carbonyl (C=O) groups excluding carboxylic acids is 1. The van der Waals surface area contributed by atoms with Crippen LogP contribution in [0.25, 0.3) is 0 Å². The van der Waals surface area contributed by atoms with Gasteiger partial charge in [-0.3, -0.25) is 4.79 Å². The normalized spacial score (nSPS) is 14.2. The average molecular weight is 477 g/mol. The van der Waals surface area contributed by atoms with Gasteiger partial charge in [0.05, 0.1) is 18.1 Å². The van der Waals surface area contributed by atoms with Gasteiger partial charge in [-0.1, -0.05) is 54.6 Å². The van der Waals surface area contributed by atoms with Gasteiger partial charge in [-0.15, -0.1) is 0 Å². The number of hydrogen-bond acceptors (Lipinski definition) is 5. The maximum Gasteiger partial charge on any atom is 0.227 e. The van der Waals surface area contributed by atoms with Crippen molar-refractivity contribution in [1.82, 2.24) is 10.6 Å². The highest BCUT2D eigenvalue weighted by atomic mass is 16.3. The van der Waals surface area contributed by atoms with Gasteiger partial charge in [0.2, 0.25) is 5.91 Å². The fourth-order valence-corrected chi connectivity index (χ4v) is 4.16. The Labute approximate surface area is 207 Å². The zero-order valence-corrected chi connectivity index (χ0v) is 20.8. The fraction of sp³-hybridized carbons (Fsp3) is 0.345. The molecule has 3 rings (SSSR count). The summed E-state index contributed by atoms with van der Waals surface area (Å²) >= 11 is 0. The third-order valence-electron chi connectivity index (χ3n) is 6.23. The minimum absolute atomic E-state index is 0.0200. The lowest BCUT2D eigenvalue weighted by Gasteiger charge is -2.28. The molecule has 0 bridgehead atoms. The minimum Gasteiger partial charge on any atom is -0.508 e. The summed E-state index contributed by atoms with van der Waals surface area (Å²) in [6, 6.07) is 22.0. The lowest BCUT2D eigenvalue weighted by Crippen LogP contribution is -2.43. The minimum atomic E-state index is -0.881. The second-order valence-electron chi connectivity index (χ2n) is 9.85.